The van der Waals surface area contributed by atoms with E-state index in [2.05, 4.69) is 143 Å². The topological polar surface area (TPSA) is 38.9 Å². The van der Waals surface area contributed by atoms with Crippen LogP contribution in [0, 0.1) is 0 Å². The summed E-state index contributed by atoms with van der Waals surface area (Å²) in [6.45, 7) is 28.7. The van der Waals surface area contributed by atoms with Crippen molar-refractivity contribution >= 4 is 0 Å². The molecule has 0 saturated carbocycles. The summed E-state index contributed by atoms with van der Waals surface area (Å²) in [6, 6.07) is 0. The lowest BCUT2D eigenvalue weighted by Crippen LogP contribution is -2.40. The zero-order valence-corrected chi connectivity index (χ0v) is 37.9. The summed E-state index contributed by atoms with van der Waals surface area (Å²) in [5.41, 5.74) is 0. The Bertz CT molecular complexity index is 742. The second kappa shape index (κ2) is 31.6. The van der Waals surface area contributed by atoms with E-state index < -0.39 is 0 Å². The van der Waals surface area contributed by atoms with Gasteiger partial charge in [-0.3, -0.25) is 0 Å². The Kier molecular flexibility index (Phi) is 30.1. The van der Waals surface area contributed by atoms with E-state index in [1.54, 1.807) is 0 Å². The SMILES string of the molecule is CN1CCCN(C)CCN(C)CCC1.CN1CCCN(C)CCN(C)CCCN(C)CC1.CN1CCCN(C)CCN(C)CCN(C)CCN(C)CC1. The molecule has 0 aromatic heterocycles. The zero-order valence-electron chi connectivity index (χ0n) is 37.9. The van der Waals surface area contributed by atoms with Gasteiger partial charge in [0, 0.05) is 91.6 Å². The maximum Gasteiger partial charge on any atom is 0.0107 e. The summed E-state index contributed by atoms with van der Waals surface area (Å²) in [5.74, 6) is 0. The van der Waals surface area contributed by atoms with Crippen molar-refractivity contribution < 1.29 is 0 Å². The van der Waals surface area contributed by atoms with Crippen molar-refractivity contribution in [3.8, 4) is 0 Å². The molecule has 0 radical (unpaired) electrons. The Balaban J connectivity index is 0.000000405. The lowest BCUT2D eigenvalue weighted by atomic mass is 10.3. The maximum absolute atomic E-state index is 2.46. The highest BCUT2D eigenvalue weighted by Gasteiger charge is 2.10. The summed E-state index contributed by atoms with van der Waals surface area (Å²) in [6.07, 6.45) is 6.43. The molecule has 318 valence electrons. The van der Waals surface area contributed by atoms with Gasteiger partial charge >= 0.3 is 0 Å². The van der Waals surface area contributed by atoms with Crippen LogP contribution in [0.25, 0.3) is 0 Å². The normalized spacial score (nSPS) is 26.0. The van der Waals surface area contributed by atoms with Gasteiger partial charge in [0.1, 0.15) is 0 Å². The molecule has 3 aliphatic rings. The molecule has 0 aliphatic carbocycles. The summed E-state index contributed by atoms with van der Waals surface area (Å²) in [4.78, 5) is 29.5. The fourth-order valence-corrected chi connectivity index (χ4v) is 6.78. The van der Waals surface area contributed by atoms with Gasteiger partial charge in [-0.05, 0) is 182 Å². The number of nitrogens with zero attached hydrogens (tertiary/aromatic N) is 12. The van der Waals surface area contributed by atoms with E-state index in [4.69, 9.17) is 0 Å². The van der Waals surface area contributed by atoms with Gasteiger partial charge in [-0.1, -0.05) is 0 Å². The van der Waals surface area contributed by atoms with Crippen LogP contribution in [0.1, 0.15) is 32.1 Å². The molecule has 3 fully saturated rings. The number of hydrogen-bond donors (Lipinski definition) is 0. The predicted molar refractivity (Wildman–Crippen MR) is 233 cm³/mol. The molecular formula is C41H94N12. The largest absolute Gasteiger partial charge is 0.306 e. The third kappa shape index (κ3) is 30.3. The molecule has 0 aromatic carbocycles. The quantitative estimate of drug-likeness (QED) is 0.357. The Morgan fingerprint density at radius 1 is 0.132 bits per heavy atom. The summed E-state index contributed by atoms with van der Waals surface area (Å²) < 4.78 is 0. The van der Waals surface area contributed by atoms with Crippen molar-refractivity contribution in [1.29, 1.82) is 0 Å². The molecule has 53 heavy (non-hydrogen) atoms. The number of likely N-dealkylation sites (N-methyl/N-ethyl adjacent to an activating group) is 11. The first-order chi connectivity index (χ1) is 25.2. The van der Waals surface area contributed by atoms with Gasteiger partial charge in [-0.15, -0.1) is 0 Å². The Morgan fingerprint density at radius 2 is 0.208 bits per heavy atom. The average molecular weight is 755 g/mol. The lowest BCUT2D eigenvalue weighted by molar-refractivity contribution is 0.190. The molecule has 3 heterocycles. The minimum Gasteiger partial charge on any atom is -0.306 e. The van der Waals surface area contributed by atoms with Crippen LogP contribution in [0.4, 0.5) is 0 Å². The van der Waals surface area contributed by atoms with Crippen LogP contribution in [-0.4, -0.2) is 300 Å². The Labute approximate surface area is 331 Å². The standard InChI is InChI=1S/C16H37N5.C14H32N4.C11H25N3/c1-17-7-6-8-18(2)10-12-20(4)14-16-21(5)15-13-19(3)11-9-17;1-15-7-5-8-17(3)13-14-18(4)10-6-9-16(2)12-11-15;1-12-6-4-8-13(2)10-11-14(3)9-5-7-12/h6-16H2,1-5H3;5-14H2,1-4H3;4-11H2,1-3H3. The van der Waals surface area contributed by atoms with Crippen LogP contribution in [0.2, 0.25) is 0 Å². The van der Waals surface area contributed by atoms with Gasteiger partial charge in [-0.2, -0.15) is 0 Å². The molecule has 0 aromatic rings. The minimum absolute atomic E-state index is 1.16. The van der Waals surface area contributed by atoms with Crippen molar-refractivity contribution in [1.82, 2.24) is 58.8 Å². The molecule has 0 atom stereocenters. The van der Waals surface area contributed by atoms with E-state index in [1.165, 1.54) is 163 Å². The monoisotopic (exact) mass is 755 g/mol. The molecule has 3 saturated heterocycles. The van der Waals surface area contributed by atoms with Crippen molar-refractivity contribution in [2.45, 2.75) is 32.1 Å². The van der Waals surface area contributed by atoms with Crippen molar-refractivity contribution in [2.75, 3.05) is 242 Å². The van der Waals surface area contributed by atoms with Crippen molar-refractivity contribution in [2.24, 2.45) is 0 Å². The number of rotatable bonds is 0. The van der Waals surface area contributed by atoms with Crippen molar-refractivity contribution in [3.05, 3.63) is 0 Å². The van der Waals surface area contributed by atoms with Gasteiger partial charge in [0.05, 0.1) is 0 Å². The molecule has 0 spiro atoms. The Hall–Kier alpha value is -0.480. The first kappa shape index (κ1) is 50.5. The van der Waals surface area contributed by atoms with E-state index in [-0.39, 0.29) is 0 Å². The van der Waals surface area contributed by atoms with E-state index >= 15 is 0 Å². The van der Waals surface area contributed by atoms with Gasteiger partial charge < -0.3 is 58.8 Å². The maximum atomic E-state index is 2.46. The van der Waals surface area contributed by atoms with E-state index in [9.17, 15) is 0 Å². The summed E-state index contributed by atoms with van der Waals surface area (Å²) >= 11 is 0. The molecular weight excluding hydrogens is 661 g/mol. The summed E-state index contributed by atoms with van der Waals surface area (Å²) in [5, 5.41) is 0. The fourth-order valence-electron chi connectivity index (χ4n) is 6.78. The third-order valence-electron chi connectivity index (χ3n) is 11.4. The number of hydrogen-bond acceptors (Lipinski definition) is 12. The molecule has 3 aliphatic heterocycles. The highest BCUT2D eigenvalue weighted by atomic mass is 15.2. The summed E-state index contributed by atoms with van der Waals surface area (Å²) in [7, 11) is 26.9. The molecule has 12 heteroatoms. The molecule has 0 amide bonds. The van der Waals surface area contributed by atoms with E-state index in [1.807, 2.05) is 0 Å². The molecule has 3 rings (SSSR count). The molecule has 0 N–H and O–H groups in total. The van der Waals surface area contributed by atoms with Crippen LogP contribution >= 0.6 is 0 Å². The highest BCUT2D eigenvalue weighted by molar-refractivity contribution is 4.67. The van der Waals surface area contributed by atoms with Gasteiger partial charge in [0.15, 0.2) is 0 Å². The predicted octanol–water partition coefficient (Wildman–Crippen LogP) is 1.13. The Morgan fingerprint density at radius 3 is 0.321 bits per heavy atom. The average Bonchev–Trinajstić information content (AvgIpc) is 3.14. The van der Waals surface area contributed by atoms with Crippen LogP contribution in [0.3, 0.4) is 0 Å². The third-order valence-corrected chi connectivity index (χ3v) is 11.4. The van der Waals surface area contributed by atoms with Crippen LogP contribution < -0.4 is 0 Å². The van der Waals surface area contributed by atoms with Gasteiger partial charge in [-0.25, -0.2) is 0 Å². The van der Waals surface area contributed by atoms with E-state index in [0.717, 1.165) is 26.2 Å². The van der Waals surface area contributed by atoms with Gasteiger partial charge in [0.2, 0.25) is 0 Å². The lowest BCUT2D eigenvalue weighted by Gasteiger charge is -2.28. The first-order valence-corrected chi connectivity index (χ1v) is 21.5. The molecule has 12 nitrogen and oxygen atoms in total. The minimum atomic E-state index is 1.16. The second-order valence-corrected chi connectivity index (χ2v) is 17.4. The first-order valence-electron chi connectivity index (χ1n) is 21.5. The zero-order chi connectivity index (χ0) is 39.4. The molecule has 0 unspecified atom stereocenters. The fraction of sp³-hybridized carbons (Fsp3) is 1.00. The highest BCUT2D eigenvalue weighted by Crippen LogP contribution is 2.00. The van der Waals surface area contributed by atoms with E-state index in [0.29, 0.717) is 0 Å². The molecule has 0 bridgehead atoms. The van der Waals surface area contributed by atoms with Gasteiger partial charge in [0.25, 0.3) is 0 Å². The van der Waals surface area contributed by atoms with Crippen molar-refractivity contribution in [3.63, 3.8) is 0 Å². The smallest absolute Gasteiger partial charge is 0.0107 e. The van der Waals surface area contributed by atoms with Crippen LogP contribution in [0.15, 0.2) is 0 Å². The second-order valence-electron chi connectivity index (χ2n) is 17.4. The van der Waals surface area contributed by atoms with Crippen LogP contribution in [0.5, 0.6) is 0 Å². The van der Waals surface area contributed by atoms with Crippen LogP contribution in [-0.2, 0) is 0 Å².